The highest BCUT2D eigenvalue weighted by molar-refractivity contribution is 7.87. The monoisotopic (exact) mass is 246 g/mol. The summed E-state index contributed by atoms with van der Waals surface area (Å²) in [6.07, 6.45) is 5.07. The maximum absolute atomic E-state index is 11.1. The van der Waals surface area contributed by atoms with Gasteiger partial charge in [0.2, 0.25) is 0 Å². The predicted octanol–water partition coefficient (Wildman–Crippen LogP) is 0.0909. The summed E-state index contributed by atoms with van der Waals surface area (Å²) in [5, 5.41) is 5.00. The summed E-state index contributed by atoms with van der Waals surface area (Å²) in [6, 6.07) is -0.281. The molecule has 0 aliphatic heterocycles. The Morgan fingerprint density at radius 1 is 1.50 bits per heavy atom. The van der Waals surface area contributed by atoms with E-state index in [0.29, 0.717) is 6.54 Å². The quantitative estimate of drug-likeness (QED) is 0.789. The van der Waals surface area contributed by atoms with Gasteiger partial charge in [-0.15, -0.1) is 0 Å². The third kappa shape index (κ3) is 4.30. The van der Waals surface area contributed by atoms with Crippen LogP contribution < -0.4 is 9.86 Å². The van der Waals surface area contributed by atoms with E-state index in [1.165, 1.54) is 0 Å². The lowest BCUT2D eigenvalue weighted by atomic mass is 9.87. The summed E-state index contributed by atoms with van der Waals surface area (Å²) >= 11 is 0. The van der Waals surface area contributed by atoms with Gasteiger partial charge in [0.05, 0.1) is 6.33 Å². The van der Waals surface area contributed by atoms with Crippen molar-refractivity contribution in [3.63, 3.8) is 0 Å². The largest absolute Gasteiger partial charge is 0.336 e. The maximum Gasteiger partial charge on any atom is 0.274 e. The fourth-order valence-electron chi connectivity index (χ4n) is 1.29. The van der Waals surface area contributed by atoms with E-state index >= 15 is 0 Å². The first kappa shape index (κ1) is 13.1. The van der Waals surface area contributed by atoms with Crippen LogP contribution in [0.25, 0.3) is 0 Å². The van der Waals surface area contributed by atoms with Crippen LogP contribution in [0.1, 0.15) is 20.8 Å². The molecule has 0 aromatic carbocycles. The lowest BCUT2D eigenvalue weighted by Gasteiger charge is -2.30. The van der Waals surface area contributed by atoms with Crippen molar-refractivity contribution >= 4 is 10.2 Å². The van der Waals surface area contributed by atoms with Crippen LogP contribution in [0.3, 0.4) is 0 Å². The molecule has 0 amide bonds. The number of nitrogens with one attached hydrogen (secondary N) is 1. The molecule has 92 valence electrons. The smallest absolute Gasteiger partial charge is 0.274 e. The van der Waals surface area contributed by atoms with E-state index in [-0.39, 0.29) is 11.5 Å². The molecule has 0 saturated heterocycles. The van der Waals surface area contributed by atoms with Crippen molar-refractivity contribution in [3.8, 4) is 0 Å². The molecule has 1 rings (SSSR count). The summed E-state index contributed by atoms with van der Waals surface area (Å²) in [4.78, 5) is 3.91. The standard InChI is InChI=1S/C9H18N4O2S/c1-9(2,3)8(12-16(10,14)15)6-13-5-4-11-7-13/h4-5,7-8,12H,6H2,1-3H3,(H2,10,14,15). The summed E-state index contributed by atoms with van der Waals surface area (Å²) in [7, 11) is -3.69. The minimum absolute atomic E-state index is 0.225. The van der Waals surface area contributed by atoms with Crippen LogP contribution in [0, 0.1) is 5.41 Å². The van der Waals surface area contributed by atoms with Crippen LogP contribution >= 0.6 is 0 Å². The Morgan fingerprint density at radius 2 is 2.12 bits per heavy atom. The normalized spacial score (nSPS) is 15.0. The van der Waals surface area contributed by atoms with Gasteiger partial charge in [-0.3, -0.25) is 0 Å². The van der Waals surface area contributed by atoms with E-state index < -0.39 is 10.2 Å². The van der Waals surface area contributed by atoms with E-state index in [9.17, 15) is 8.42 Å². The zero-order valence-electron chi connectivity index (χ0n) is 9.71. The first-order valence-electron chi connectivity index (χ1n) is 4.94. The molecular weight excluding hydrogens is 228 g/mol. The molecule has 6 nitrogen and oxygen atoms in total. The second-order valence-corrected chi connectivity index (χ2v) is 6.17. The Kier molecular flexibility index (Phi) is 3.72. The molecule has 1 aromatic heterocycles. The molecule has 0 radical (unpaired) electrons. The Labute approximate surface area is 96.0 Å². The highest BCUT2D eigenvalue weighted by Gasteiger charge is 2.27. The Balaban J connectivity index is 2.81. The van der Waals surface area contributed by atoms with Gasteiger partial charge in [-0.1, -0.05) is 20.8 Å². The van der Waals surface area contributed by atoms with Gasteiger partial charge in [0.1, 0.15) is 0 Å². The maximum atomic E-state index is 11.1. The number of imidazole rings is 1. The molecular formula is C9H18N4O2S. The summed E-state index contributed by atoms with van der Waals surface area (Å²) in [5.74, 6) is 0. The Hall–Kier alpha value is -0.920. The first-order chi connectivity index (χ1) is 7.18. The van der Waals surface area contributed by atoms with Crippen LogP contribution in [0.5, 0.6) is 0 Å². The van der Waals surface area contributed by atoms with Crippen molar-refractivity contribution in [2.24, 2.45) is 10.6 Å². The number of nitrogens with zero attached hydrogens (tertiary/aromatic N) is 2. The van der Waals surface area contributed by atoms with Gasteiger partial charge in [-0.2, -0.15) is 13.1 Å². The van der Waals surface area contributed by atoms with Gasteiger partial charge in [0.25, 0.3) is 10.2 Å². The van der Waals surface area contributed by atoms with E-state index in [0.717, 1.165) is 0 Å². The molecule has 1 unspecified atom stereocenters. The van der Waals surface area contributed by atoms with Crippen LogP contribution in [0.15, 0.2) is 18.7 Å². The molecule has 1 atom stereocenters. The number of rotatable bonds is 4. The molecule has 0 spiro atoms. The van der Waals surface area contributed by atoms with E-state index in [1.807, 2.05) is 25.3 Å². The summed E-state index contributed by atoms with van der Waals surface area (Å²) < 4.78 is 26.4. The van der Waals surface area contributed by atoms with Crippen LogP contribution in [0.4, 0.5) is 0 Å². The van der Waals surface area contributed by atoms with Crippen molar-refractivity contribution in [2.45, 2.75) is 33.4 Å². The van der Waals surface area contributed by atoms with Gasteiger partial charge in [0, 0.05) is 25.0 Å². The van der Waals surface area contributed by atoms with Gasteiger partial charge >= 0.3 is 0 Å². The van der Waals surface area contributed by atoms with Crippen molar-refractivity contribution in [1.29, 1.82) is 0 Å². The summed E-state index contributed by atoms with van der Waals surface area (Å²) in [6.45, 7) is 6.35. The first-order valence-corrected chi connectivity index (χ1v) is 6.49. The topological polar surface area (TPSA) is 90.0 Å². The number of nitrogens with two attached hydrogens (primary N) is 1. The highest BCUT2D eigenvalue weighted by Crippen LogP contribution is 2.21. The second-order valence-electron chi connectivity index (χ2n) is 4.84. The van der Waals surface area contributed by atoms with Crippen molar-refractivity contribution in [2.75, 3.05) is 0 Å². The molecule has 0 saturated carbocycles. The highest BCUT2D eigenvalue weighted by atomic mass is 32.2. The lowest BCUT2D eigenvalue weighted by molar-refractivity contribution is 0.271. The van der Waals surface area contributed by atoms with E-state index in [2.05, 4.69) is 9.71 Å². The zero-order valence-corrected chi connectivity index (χ0v) is 10.5. The Bertz CT molecular complexity index is 419. The van der Waals surface area contributed by atoms with Crippen molar-refractivity contribution < 1.29 is 8.42 Å². The molecule has 7 heteroatoms. The molecule has 0 aliphatic rings. The molecule has 0 aliphatic carbocycles. The zero-order chi connectivity index (χ0) is 12.4. The molecule has 3 N–H and O–H groups in total. The van der Waals surface area contributed by atoms with Crippen LogP contribution in [-0.2, 0) is 16.8 Å². The molecule has 0 fully saturated rings. The summed E-state index contributed by atoms with van der Waals surface area (Å²) in [5.41, 5.74) is -0.225. The van der Waals surface area contributed by atoms with Gasteiger partial charge in [-0.25, -0.2) is 10.1 Å². The van der Waals surface area contributed by atoms with Gasteiger partial charge in [0.15, 0.2) is 0 Å². The third-order valence-electron chi connectivity index (χ3n) is 2.30. The van der Waals surface area contributed by atoms with Crippen molar-refractivity contribution in [3.05, 3.63) is 18.7 Å². The minimum atomic E-state index is -3.69. The number of aromatic nitrogens is 2. The number of hydrogen-bond acceptors (Lipinski definition) is 3. The van der Waals surface area contributed by atoms with Crippen molar-refractivity contribution in [1.82, 2.24) is 14.3 Å². The van der Waals surface area contributed by atoms with Crippen LogP contribution in [-0.4, -0.2) is 24.0 Å². The minimum Gasteiger partial charge on any atom is -0.336 e. The molecule has 16 heavy (non-hydrogen) atoms. The fraction of sp³-hybridized carbons (Fsp3) is 0.667. The lowest BCUT2D eigenvalue weighted by Crippen LogP contribution is -2.48. The molecule has 1 heterocycles. The van der Waals surface area contributed by atoms with E-state index in [4.69, 9.17) is 5.14 Å². The van der Waals surface area contributed by atoms with E-state index in [1.54, 1.807) is 18.7 Å². The fourth-order valence-corrected chi connectivity index (χ4v) is 2.12. The Morgan fingerprint density at radius 3 is 2.50 bits per heavy atom. The number of hydrogen-bond donors (Lipinski definition) is 2. The average molecular weight is 246 g/mol. The average Bonchev–Trinajstić information content (AvgIpc) is 2.51. The third-order valence-corrected chi connectivity index (χ3v) is 2.92. The molecule has 1 aromatic rings. The molecule has 0 bridgehead atoms. The van der Waals surface area contributed by atoms with Crippen LogP contribution in [0.2, 0.25) is 0 Å². The van der Waals surface area contributed by atoms with Gasteiger partial charge < -0.3 is 4.57 Å². The predicted molar refractivity (Wildman–Crippen MR) is 61.7 cm³/mol. The van der Waals surface area contributed by atoms with Gasteiger partial charge in [-0.05, 0) is 5.41 Å². The SMILES string of the molecule is CC(C)(C)C(Cn1ccnc1)NS(N)(=O)=O. The second kappa shape index (κ2) is 4.52.